The first-order valence-corrected chi connectivity index (χ1v) is 7.62. The van der Waals surface area contributed by atoms with Crippen LogP contribution in [0, 0.1) is 5.41 Å². The van der Waals surface area contributed by atoms with Crippen molar-refractivity contribution in [2.45, 2.75) is 58.5 Å². The molecule has 1 heterocycles. The van der Waals surface area contributed by atoms with E-state index < -0.39 is 0 Å². The van der Waals surface area contributed by atoms with E-state index >= 15 is 0 Å². The van der Waals surface area contributed by atoms with Crippen molar-refractivity contribution in [1.82, 2.24) is 4.90 Å². The molecule has 0 N–H and O–H groups in total. The summed E-state index contributed by atoms with van der Waals surface area (Å²) in [5.74, 6) is 0. The van der Waals surface area contributed by atoms with Gasteiger partial charge >= 0.3 is 0 Å². The molecular weight excluding hydrogens is 222 g/mol. The van der Waals surface area contributed by atoms with Crippen molar-refractivity contribution in [2.24, 2.45) is 5.41 Å². The van der Waals surface area contributed by atoms with Gasteiger partial charge in [-0.2, -0.15) is 0 Å². The summed E-state index contributed by atoms with van der Waals surface area (Å²) >= 11 is 0. The van der Waals surface area contributed by atoms with Gasteiger partial charge in [0.1, 0.15) is 0 Å². The Morgan fingerprint density at radius 2 is 2.00 bits per heavy atom. The fourth-order valence-electron chi connectivity index (χ4n) is 3.40. The lowest BCUT2D eigenvalue weighted by molar-refractivity contribution is -0.104. The SMILES string of the molecule is C=C(C)CCOC1CC2(CCN(CCC)CC2)C1. The van der Waals surface area contributed by atoms with Gasteiger partial charge in [-0.3, -0.25) is 0 Å². The average Bonchev–Trinajstić information content (AvgIpc) is 2.29. The van der Waals surface area contributed by atoms with Gasteiger partial charge in [-0.1, -0.05) is 12.5 Å². The zero-order valence-electron chi connectivity index (χ0n) is 12.2. The number of ether oxygens (including phenoxy) is 1. The molecule has 0 atom stereocenters. The van der Waals surface area contributed by atoms with Crippen LogP contribution < -0.4 is 0 Å². The summed E-state index contributed by atoms with van der Waals surface area (Å²) in [6.07, 6.45) is 8.27. The minimum absolute atomic E-state index is 0.544. The van der Waals surface area contributed by atoms with E-state index in [-0.39, 0.29) is 0 Å². The van der Waals surface area contributed by atoms with Crippen molar-refractivity contribution in [3.63, 3.8) is 0 Å². The lowest BCUT2D eigenvalue weighted by atomic mass is 9.61. The molecule has 2 heteroatoms. The van der Waals surface area contributed by atoms with Gasteiger partial charge < -0.3 is 9.64 Å². The highest BCUT2D eigenvalue weighted by Crippen LogP contribution is 2.50. The third-order valence-electron chi connectivity index (χ3n) is 4.66. The zero-order valence-corrected chi connectivity index (χ0v) is 12.2. The predicted octanol–water partition coefficient (Wildman–Crippen LogP) is 3.62. The van der Waals surface area contributed by atoms with Crippen molar-refractivity contribution in [1.29, 1.82) is 0 Å². The Labute approximate surface area is 112 Å². The quantitative estimate of drug-likeness (QED) is 0.668. The van der Waals surface area contributed by atoms with E-state index in [4.69, 9.17) is 4.74 Å². The monoisotopic (exact) mass is 251 g/mol. The first kappa shape index (κ1) is 14.1. The van der Waals surface area contributed by atoms with Crippen molar-refractivity contribution >= 4 is 0 Å². The highest BCUT2D eigenvalue weighted by molar-refractivity contribution is 4.98. The highest BCUT2D eigenvalue weighted by atomic mass is 16.5. The number of nitrogens with zero attached hydrogens (tertiary/aromatic N) is 1. The minimum Gasteiger partial charge on any atom is -0.378 e. The fourth-order valence-corrected chi connectivity index (χ4v) is 3.40. The van der Waals surface area contributed by atoms with E-state index in [2.05, 4.69) is 25.3 Å². The van der Waals surface area contributed by atoms with Gasteiger partial charge in [0.15, 0.2) is 0 Å². The van der Waals surface area contributed by atoms with Crippen LogP contribution in [0.3, 0.4) is 0 Å². The Hall–Kier alpha value is -0.340. The van der Waals surface area contributed by atoms with E-state index in [0.717, 1.165) is 13.0 Å². The summed E-state index contributed by atoms with van der Waals surface area (Å²) < 4.78 is 5.92. The first-order chi connectivity index (χ1) is 8.63. The third-order valence-corrected chi connectivity index (χ3v) is 4.66. The van der Waals surface area contributed by atoms with Crippen LogP contribution in [-0.4, -0.2) is 37.2 Å². The van der Waals surface area contributed by atoms with E-state index in [0.29, 0.717) is 11.5 Å². The molecule has 18 heavy (non-hydrogen) atoms. The molecule has 2 aliphatic rings. The summed E-state index contributed by atoms with van der Waals surface area (Å²) in [5, 5.41) is 0. The molecule has 0 aromatic carbocycles. The maximum atomic E-state index is 5.92. The Morgan fingerprint density at radius 3 is 2.56 bits per heavy atom. The maximum Gasteiger partial charge on any atom is 0.0586 e. The topological polar surface area (TPSA) is 12.5 Å². The molecule has 0 amide bonds. The van der Waals surface area contributed by atoms with Gasteiger partial charge in [0.05, 0.1) is 12.7 Å². The predicted molar refractivity (Wildman–Crippen MR) is 76.8 cm³/mol. The van der Waals surface area contributed by atoms with Crippen LogP contribution in [0.4, 0.5) is 0 Å². The standard InChI is InChI=1S/C16H29NO/c1-4-8-17-9-6-16(7-10-17)12-15(13-16)18-11-5-14(2)3/h15H,2,4-13H2,1,3H3. The average molecular weight is 251 g/mol. The smallest absolute Gasteiger partial charge is 0.0586 e. The Balaban J connectivity index is 1.62. The normalized spacial score (nSPS) is 24.1. The summed E-state index contributed by atoms with van der Waals surface area (Å²) in [6, 6.07) is 0. The second kappa shape index (κ2) is 6.21. The molecule has 2 nitrogen and oxygen atoms in total. The molecule has 2 fully saturated rings. The van der Waals surface area contributed by atoms with E-state index in [1.807, 2.05) is 0 Å². The molecule has 0 aromatic rings. The molecule has 0 radical (unpaired) electrons. The van der Waals surface area contributed by atoms with Gasteiger partial charge in [0.25, 0.3) is 0 Å². The second-order valence-electron chi connectivity index (χ2n) is 6.45. The molecule has 2 rings (SSSR count). The van der Waals surface area contributed by atoms with E-state index in [9.17, 15) is 0 Å². The van der Waals surface area contributed by atoms with E-state index in [1.165, 1.54) is 57.3 Å². The second-order valence-corrected chi connectivity index (χ2v) is 6.45. The molecule has 104 valence electrons. The van der Waals surface area contributed by atoms with Gasteiger partial charge in [0.2, 0.25) is 0 Å². The zero-order chi connectivity index (χ0) is 13.0. The van der Waals surface area contributed by atoms with Crippen molar-refractivity contribution in [3.8, 4) is 0 Å². The van der Waals surface area contributed by atoms with Gasteiger partial charge in [-0.15, -0.1) is 6.58 Å². The van der Waals surface area contributed by atoms with Crippen molar-refractivity contribution in [3.05, 3.63) is 12.2 Å². The van der Waals surface area contributed by atoms with Crippen molar-refractivity contribution < 1.29 is 4.74 Å². The third kappa shape index (κ3) is 3.58. The van der Waals surface area contributed by atoms with Crippen LogP contribution in [0.15, 0.2) is 12.2 Å². The van der Waals surface area contributed by atoms with Crippen LogP contribution in [0.2, 0.25) is 0 Å². The first-order valence-electron chi connectivity index (χ1n) is 7.62. The summed E-state index contributed by atoms with van der Waals surface area (Å²) in [4.78, 5) is 2.63. The van der Waals surface area contributed by atoms with Crippen molar-refractivity contribution in [2.75, 3.05) is 26.2 Å². The van der Waals surface area contributed by atoms with Gasteiger partial charge in [-0.05, 0) is 70.5 Å². The molecule has 1 aliphatic carbocycles. The molecule has 1 aliphatic heterocycles. The lowest BCUT2D eigenvalue weighted by Crippen LogP contribution is -2.50. The van der Waals surface area contributed by atoms with E-state index in [1.54, 1.807) is 0 Å². The number of hydrogen-bond acceptors (Lipinski definition) is 2. The summed E-state index contributed by atoms with van der Waals surface area (Å²) in [7, 11) is 0. The van der Waals surface area contributed by atoms with Gasteiger partial charge in [0, 0.05) is 0 Å². The van der Waals surface area contributed by atoms with Crippen LogP contribution in [0.5, 0.6) is 0 Å². The molecule has 1 saturated heterocycles. The Kier molecular flexibility index (Phi) is 4.85. The Bertz CT molecular complexity index is 271. The summed E-state index contributed by atoms with van der Waals surface area (Å²) in [6.45, 7) is 13.1. The number of hydrogen-bond donors (Lipinski definition) is 0. The summed E-state index contributed by atoms with van der Waals surface area (Å²) in [5.41, 5.74) is 1.88. The number of piperidine rings is 1. The molecule has 1 saturated carbocycles. The van der Waals surface area contributed by atoms with Gasteiger partial charge in [-0.25, -0.2) is 0 Å². The van der Waals surface area contributed by atoms with Crippen LogP contribution in [-0.2, 0) is 4.74 Å². The van der Waals surface area contributed by atoms with Crippen LogP contribution >= 0.6 is 0 Å². The van der Waals surface area contributed by atoms with Crippen LogP contribution in [0.25, 0.3) is 0 Å². The molecule has 0 unspecified atom stereocenters. The molecule has 1 spiro atoms. The highest BCUT2D eigenvalue weighted by Gasteiger charge is 2.46. The molecular formula is C16H29NO. The Morgan fingerprint density at radius 1 is 1.33 bits per heavy atom. The maximum absolute atomic E-state index is 5.92. The fraction of sp³-hybridized carbons (Fsp3) is 0.875. The lowest BCUT2D eigenvalue weighted by Gasteiger charge is -2.52. The number of likely N-dealkylation sites (tertiary alicyclic amines) is 1. The molecule has 0 bridgehead atoms. The largest absolute Gasteiger partial charge is 0.378 e. The van der Waals surface area contributed by atoms with Crippen LogP contribution in [0.1, 0.15) is 52.4 Å². The molecule has 0 aromatic heterocycles. The number of rotatable bonds is 6. The minimum atomic E-state index is 0.544.